The number of aromatic amines is 1. The molecule has 1 N–H and O–H groups in total. The van der Waals surface area contributed by atoms with Crippen molar-refractivity contribution in [2.75, 3.05) is 13.2 Å². The Morgan fingerprint density at radius 3 is 2.58 bits per heavy atom. The van der Waals surface area contributed by atoms with Crippen LogP contribution in [0.4, 0.5) is 10.1 Å². The molecule has 9 heteroatoms. The fourth-order valence-corrected chi connectivity index (χ4v) is 2.47. The van der Waals surface area contributed by atoms with Crippen LogP contribution in [0, 0.1) is 29.8 Å². The van der Waals surface area contributed by atoms with Crippen LogP contribution < -0.4 is 4.74 Å². The van der Waals surface area contributed by atoms with Gasteiger partial charge in [-0.25, -0.2) is 9.18 Å². The third-order valence-corrected chi connectivity index (χ3v) is 3.68. The molecule has 1 aromatic carbocycles. The number of non-ortho nitro benzene ring substituents is 1. The number of carbonyl (C=O) groups excluding carboxylic acids is 2. The lowest BCUT2D eigenvalue weighted by molar-refractivity contribution is -0.385. The zero-order valence-corrected chi connectivity index (χ0v) is 14.4. The molecule has 0 fully saturated rings. The quantitative estimate of drug-likeness (QED) is 0.350. The second-order valence-corrected chi connectivity index (χ2v) is 5.43. The van der Waals surface area contributed by atoms with E-state index in [1.165, 1.54) is 0 Å². The van der Waals surface area contributed by atoms with Gasteiger partial charge in [0.05, 0.1) is 28.9 Å². The van der Waals surface area contributed by atoms with Crippen LogP contribution in [0.1, 0.15) is 39.0 Å². The Morgan fingerprint density at radius 2 is 2.00 bits per heavy atom. The Balaban J connectivity index is 2.15. The molecule has 0 aliphatic rings. The molecule has 0 spiro atoms. The molecule has 0 aliphatic carbocycles. The number of Topliss-reactive ketones (excluding diaryl/α,β-unsaturated/α-hetero) is 1. The number of nitro benzene ring substituents is 1. The monoisotopic (exact) mass is 364 g/mol. The highest BCUT2D eigenvalue weighted by Crippen LogP contribution is 2.23. The van der Waals surface area contributed by atoms with Crippen molar-refractivity contribution in [2.45, 2.75) is 20.8 Å². The van der Waals surface area contributed by atoms with Gasteiger partial charge in [0.15, 0.2) is 18.2 Å². The van der Waals surface area contributed by atoms with E-state index in [-0.39, 0.29) is 23.6 Å². The smallest absolute Gasteiger partial charge is 0.340 e. The van der Waals surface area contributed by atoms with Gasteiger partial charge in [0.25, 0.3) is 5.69 Å². The maximum Gasteiger partial charge on any atom is 0.340 e. The van der Waals surface area contributed by atoms with Crippen molar-refractivity contribution < 1.29 is 28.4 Å². The molecule has 0 atom stereocenters. The lowest BCUT2D eigenvalue weighted by atomic mass is 10.1. The van der Waals surface area contributed by atoms with E-state index in [1.807, 2.05) is 0 Å². The summed E-state index contributed by atoms with van der Waals surface area (Å²) < 4.78 is 23.9. The highest BCUT2D eigenvalue weighted by Gasteiger charge is 2.23. The van der Waals surface area contributed by atoms with Gasteiger partial charge in [-0.05, 0) is 32.4 Å². The molecule has 0 saturated heterocycles. The third kappa shape index (κ3) is 3.88. The van der Waals surface area contributed by atoms with Gasteiger partial charge in [-0.15, -0.1) is 0 Å². The maximum absolute atomic E-state index is 13.8. The van der Waals surface area contributed by atoms with Crippen LogP contribution in [0.3, 0.4) is 0 Å². The first-order valence-electron chi connectivity index (χ1n) is 7.72. The van der Waals surface area contributed by atoms with Gasteiger partial charge in [-0.1, -0.05) is 0 Å². The van der Waals surface area contributed by atoms with Crippen molar-refractivity contribution >= 4 is 17.4 Å². The van der Waals surface area contributed by atoms with Crippen LogP contribution >= 0.6 is 0 Å². The van der Waals surface area contributed by atoms with Crippen molar-refractivity contribution in [3.8, 4) is 5.75 Å². The second kappa shape index (κ2) is 7.77. The van der Waals surface area contributed by atoms with Gasteiger partial charge in [0, 0.05) is 11.8 Å². The van der Waals surface area contributed by atoms with Crippen LogP contribution in [0.5, 0.6) is 5.75 Å². The van der Waals surface area contributed by atoms with Crippen LogP contribution in [-0.2, 0) is 4.74 Å². The number of ketones is 1. The number of nitro groups is 1. The predicted octanol–water partition coefficient (Wildman–Crippen LogP) is 3.12. The van der Waals surface area contributed by atoms with E-state index in [4.69, 9.17) is 9.47 Å². The van der Waals surface area contributed by atoms with Gasteiger partial charge < -0.3 is 14.5 Å². The summed E-state index contributed by atoms with van der Waals surface area (Å²) in [5.41, 5.74) is 0.908. The average Bonchev–Trinajstić information content (AvgIpc) is 2.88. The van der Waals surface area contributed by atoms with E-state index in [1.54, 1.807) is 20.8 Å². The topological polar surface area (TPSA) is 112 Å². The van der Waals surface area contributed by atoms with Gasteiger partial charge in [-0.3, -0.25) is 14.9 Å². The van der Waals surface area contributed by atoms with Crippen molar-refractivity contribution in [3.63, 3.8) is 0 Å². The minimum absolute atomic E-state index is 0.160. The van der Waals surface area contributed by atoms with Gasteiger partial charge in [0.2, 0.25) is 5.78 Å². The molecule has 1 heterocycles. The Bertz CT molecular complexity index is 874. The lowest BCUT2D eigenvalue weighted by Gasteiger charge is -2.06. The highest BCUT2D eigenvalue weighted by atomic mass is 19.1. The van der Waals surface area contributed by atoms with Crippen molar-refractivity contribution in [1.82, 2.24) is 4.98 Å². The number of H-pyrrole nitrogens is 1. The zero-order chi connectivity index (χ0) is 19.4. The third-order valence-electron chi connectivity index (χ3n) is 3.68. The Labute approximate surface area is 148 Å². The van der Waals surface area contributed by atoms with E-state index < -0.39 is 34.8 Å². The average molecular weight is 364 g/mol. The number of nitrogens with zero attached hydrogens (tertiary/aromatic N) is 1. The standard InChI is InChI=1S/C17H17FN2O6/c1-4-25-17(22)15-9(2)16(19-10(15)3)13(21)8-26-14-6-5-11(20(23)24)7-12(14)18/h5-7,19H,4,8H2,1-3H3. The first-order chi connectivity index (χ1) is 12.3. The van der Waals surface area contributed by atoms with E-state index >= 15 is 0 Å². The number of esters is 1. The van der Waals surface area contributed by atoms with Crippen LogP contribution in [0.15, 0.2) is 18.2 Å². The van der Waals surface area contributed by atoms with E-state index in [0.717, 1.165) is 12.1 Å². The minimum atomic E-state index is -0.946. The summed E-state index contributed by atoms with van der Waals surface area (Å²) in [7, 11) is 0. The Hall–Kier alpha value is -3.23. The normalized spacial score (nSPS) is 10.5. The number of ether oxygens (including phenoxy) is 2. The molecule has 26 heavy (non-hydrogen) atoms. The van der Waals surface area contributed by atoms with Crippen LogP contribution in [0.2, 0.25) is 0 Å². The molecule has 0 radical (unpaired) electrons. The number of halogens is 1. The van der Waals surface area contributed by atoms with Crippen LogP contribution in [-0.4, -0.2) is 34.9 Å². The molecular formula is C17H17FN2O6. The van der Waals surface area contributed by atoms with Crippen molar-refractivity contribution in [3.05, 3.63) is 56.6 Å². The van der Waals surface area contributed by atoms with E-state index in [0.29, 0.717) is 17.3 Å². The number of aryl methyl sites for hydroxylation is 1. The molecule has 0 unspecified atom stereocenters. The first-order valence-corrected chi connectivity index (χ1v) is 7.72. The van der Waals surface area contributed by atoms with Gasteiger partial charge in [0.1, 0.15) is 0 Å². The van der Waals surface area contributed by atoms with Gasteiger partial charge >= 0.3 is 5.97 Å². The number of hydrogen-bond donors (Lipinski definition) is 1. The molecule has 0 saturated carbocycles. The summed E-state index contributed by atoms with van der Waals surface area (Å²) in [6.07, 6.45) is 0. The van der Waals surface area contributed by atoms with Crippen molar-refractivity contribution in [2.24, 2.45) is 0 Å². The summed E-state index contributed by atoms with van der Waals surface area (Å²) >= 11 is 0. The molecule has 1 aromatic heterocycles. The molecule has 0 bridgehead atoms. The summed E-state index contributed by atoms with van der Waals surface area (Å²) in [5, 5.41) is 10.6. The number of carbonyl (C=O) groups is 2. The first kappa shape index (κ1) is 19.1. The molecule has 2 rings (SSSR count). The predicted molar refractivity (Wildman–Crippen MR) is 89.1 cm³/mol. The molecule has 0 amide bonds. The summed E-state index contributed by atoms with van der Waals surface area (Å²) in [4.78, 5) is 36.9. The number of nitrogens with one attached hydrogen (secondary N) is 1. The summed E-state index contributed by atoms with van der Waals surface area (Å²) in [6, 6.07) is 2.87. The largest absolute Gasteiger partial charge is 0.482 e. The number of aromatic nitrogens is 1. The maximum atomic E-state index is 13.8. The molecular weight excluding hydrogens is 347 g/mol. The fraction of sp³-hybridized carbons (Fsp3) is 0.294. The number of benzene rings is 1. The van der Waals surface area contributed by atoms with E-state index in [9.17, 15) is 24.1 Å². The van der Waals surface area contributed by atoms with Crippen molar-refractivity contribution in [1.29, 1.82) is 0 Å². The minimum Gasteiger partial charge on any atom is -0.482 e. The highest BCUT2D eigenvalue weighted by molar-refractivity contribution is 6.02. The fourth-order valence-electron chi connectivity index (χ4n) is 2.47. The SMILES string of the molecule is CCOC(=O)c1c(C)[nH]c(C(=O)COc2ccc([N+](=O)[O-])cc2F)c1C. The molecule has 138 valence electrons. The lowest BCUT2D eigenvalue weighted by Crippen LogP contribution is -2.14. The summed E-state index contributed by atoms with van der Waals surface area (Å²) in [5.74, 6) is -2.27. The summed E-state index contributed by atoms with van der Waals surface area (Å²) in [6.45, 7) is 4.60. The van der Waals surface area contributed by atoms with Crippen LogP contribution in [0.25, 0.3) is 0 Å². The molecule has 0 aliphatic heterocycles. The second-order valence-electron chi connectivity index (χ2n) is 5.43. The molecule has 8 nitrogen and oxygen atoms in total. The zero-order valence-electron chi connectivity index (χ0n) is 14.4. The number of hydrogen-bond acceptors (Lipinski definition) is 6. The van der Waals surface area contributed by atoms with Gasteiger partial charge in [-0.2, -0.15) is 0 Å². The molecule has 2 aromatic rings. The number of rotatable bonds is 7. The Morgan fingerprint density at radius 1 is 1.31 bits per heavy atom. The van der Waals surface area contributed by atoms with E-state index in [2.05, 4.69) is 4.98 Å². The Kier molecular flexibility index (Phi) is 5.71.